The van der Waals surface area contributed by atoms with Gasteiger partial charge in [0.2, 0.25) is 0 Å². The van der Waals surface area contributed by atoms with Crippen LogP contribution < -0.4 is 40.2 Å². The molecular weight excluding hydrogens is 1350 g/mol. The van der Waals surface area contributed by atoms with Gasteiger partial charge in [-0.2, -0.15) is 12.1 Å². The van der Waals surface area contributed by atoms with Crippen molar-refractivity contribution in [1.29, 1.82) is 0 Å². The number of fused-ring (bicyclic) bond motifs is 10. The summed E-state index contributed by atoms with van der Waals surface area (Å²) in [5, 5.41) is 5.41. The molecule has 490 valence electrons. The third-order valence-corrected chi connectivity index (χ3v) is 24.8. The van der Waals surface area contributed by atoms with Gasteiger partial charge in [-0.15, -0.1) is 47.9 Å². The second-order valence-corrected chi connectivity index (χ2v) is 37.7. The Morgan fingerprint density at radius 1 is 0.358 bits per heavy atom. The van der Waals surface area contributed by atoms with E-state index in [-0.39, 0.29) is 59.0 Å². The summed E-state index contributed by atoms with van der Waals surface area (Å²) in [5.41, 5.74) is 22.1. The van der Waals surface area contributed by atoms with E-state index in [2.05, 4.69) is 355 Å². The number of anilines is 7. The Labute approximate surface area is 584 Å². The summed E-state index contributed by atoms with van der Waals surface area (Å²) in [5.74, 6) is 2.04. The summed E-state index contributed by atoms with van der Waals surface area (Å²) in [4.78, 5) is 12.3. The van der Waals surface area contributed by atoms with Gasteiger partial charge in [0, 0.05) is 72.6 Å². The van der Waals surface area contributed by atoms with E-state index in [0.29, 0.717) is 11.5 Å². The van der Waals surface area contributed by atoms with Gasteiger partial charge >= 0.3 is 0 Å². The van der Waals surface area contributed by atoms with Crippen LogP contribution in [0, 0.1) is 18.8 Å². The van der Waals surface area contributed by atoms with E-state index in [1.807, 2.05) is 12.3 Å². The zero-order valence-corrected chi connectivity index (χ0v) is 63.3. The van der Waals surface area contributed by atoms with Gasteiger partial charge in [-0.1, -0.05) is 260 Å². The van der Waals surface area contributed by atoms with Crippen molar-refractivity contribution in [2.24, 2.45) is 0 Å². The molecule has 5 nitrogen and oxygen atoms in total. The first-order valence-corrected chi connectivity index (χ1v) is 35.9. The van der Waals surface area contributed by atoms with E-state index in [1.54, 1.807) is 0 Å². The van der Waals surface area contributed by atoms with E-state index in [0.717, 1.165) is 39.9 Å². The minimum atomic E-state index is -3.08. The standard InChI is InChI=1S/C88H95N4OSi.Pt/c1-82(2,3)58-29-26-28-56(44-58)68-50-64(88(19,20)21)51-69(57-45-62(86(13,14)15)47-63(46-57)87(16,17)18)81(68)91-55-90(72-32-22-23-33-73(72)91)65-30-27-31-66(53-65)93-67-38-41-79-75(54-67)92(80-52-61(42-43-89-80)85(10,11)12)74-34-24-25-35-78(74)94(79)76-39-36-59(83(4,5)6)48-70(76)71-49-60(84(7,8)9)37-40-77(71)94;/h22-52,55H,1-21H3;/q-3;. The summed E-state index contributed by atoms with van der Waals surface area (Å²) in [6.45, 7) is 51.0. The molecule has 3 aliphatic heterocycles. The third-order valence-electron chi connectivity index (χ3n) is 19.9. The van der Waals surface area contributed by atoms with Crippen molar-refractivity contribution in [1.82, 2.24) is 4.98 Å². The molecule has 9 aromatic carbocycles. The Morgan fingerprint density at radius 3 is 1.38 bits per heavy atom. The van der Waals surface area contributed by atoms with Crippen LogP contribution in [0.3, 0.4) is 0 Å². The van der Waals surface area contributed by atoms with Crippen molar-refractivity contribution < 1.29 is 25.8 Å². The molecule has 0 unspecified atom stereocenters. The maximum atomic E-state index is 7.21. The fourth-order valence-electron chi connectivity index (χ4n) is 14.2. The van der Waals surface area contributed by atoms with Crippen LogP contribution >= 0.6 is 0 Å². The van der Waals surface area contributed by atoms with Gasteiger partial charge in [0.25, 0.3) is 0 Å². The summed E-state index contributed by atoms with van der Waals surface area (Å²) in [6, 6.07) is 77.3. The third kappa shape index (κ3) is 12.1. The molecule has 7 heteroatoms. The summed E-state index contributed by atoms with van der Waals surface area (Å²) < 4.78 is 7.21. The minimum absolute atomic E-state index is 0. The van der Waals surface area contributed by atoms with Crippen LogP contribution in [0.15, 0.2) is 188 Å². The van der Waals surface area contributed by atoms with Gasteiger partial charge in [0.15, 0.2) is 0 Å². The average Bonchev–Trinajstić information content (AvgIpc) is 1.57. The molecule has 0 saturated carbocycles. The maximum absolute atomic E-state index is 7.21. The molecule has 0 bridgehead atoms. The summed E-state index contributed by atoms with van der Waals surface area (Å²) >= 11 is 0. The van der Waals surface area contributed by atoms with Gasteiger partial charge in [-0.25, -0.2) is 4.98 Å². The van der Waals surface area contributed by atoms with Crippen LogP contribution in [-0.2, 0) is 59.0 Å². The smallest absolute Gasteiger partial charge is 0.135 e. The Kier molecular flexibility index (Phi) is 16.6. The van der Waals surface area contributed by atoms with E-state index < -0.39 is 8.07 Å². The predicted octanol–water partition coefficient (Wildman–Crippen LogP) is 21.4. The zero-order chi connectivity index (χ0) is 67.2. The second kappa shape index (κ2) is 23.5. The first-order chi connectivity index (χ1) is 44.0. The molecule has 0 amide bonds. The van der Waals surface area contributed by atoms with Crippen LogP contribution in [0.1, 0.15) is 184 Å². The van der Waals surface area contributed by atoms with Crippen molar-refractivity contribution in [3.05, 3.63) is 246 Å². The Bertz CT molecular complexity index is 4540. The number of benzene rings is 9. The molecular formula is C88H95N4OPtSi-3. The van der Waals surface area contributed by atoms with Crippen LogP contribution in [0.4, 0.5) is 39.9 Å². The number of nitrogens with zero attached hydrogens (tertiary/aromatic N) is 4. The fourth-order valence-corrected chi connectivity index (χ4v) is 19.6. The van der Waals surface area contributed by atoms with Crippen LogP contribution in [0.25, 0.3) is 33.4 Å². The van der Waals surface area contributed by atoms with E-state index in [4.69, 9.17) is 9.72 Å². The molecule has 0 fully saturated rings. The summed E-state index contributed by atoms with van der Waals surface area (Å²) in [7, 11) is -3.08. The molecule has 0 saturated heterocycles. The SMILES string of the molecule is CC(C)(C)c1cccc(-c2cc(C(C)(C)C)cc(-c3cc(C(C)(C)C)cc(C(C)(C)C)c3)c2N2[CH-]N(c3[c-]c(Oc4[c-]c5c(cc4)[Si]4(c6ccc(C(C)(C)C)cc6-c6cc(C(C)(C)C)ccc64)c4ccccc4N5c4cc(C(C)(C)C)ccn4)ccc3)c3ccccc32)c1.[Pt]. The molecule has 10 aromatic rings. The van der Waals surface area contributed by atoms with Gasteiger partial charge in [-0.3, -0.25) is 0 Å². The second-order valence-electron chi connectivity index (χ2n) is 34.0. The minimum Gasteiger partial charge on any atom is -0.509 e. The van der Waals surface area contributed by atoms with Crippen molar-refractivity contribution in [2.45, 2.75) is 183 Å². The number of hydrogen-bond acceptors (Lipinski definition) is 5. The molecule has 0 atom stereocenters. The summed E-state index contributed by atoms with van der Waals surface area (Å²) in [6.07, 6.45) is 1.97. The maximum Gasteiger partial charge on any atom is 0.135 e. The van der Waals surface area contributed by atoms with Crippen molar-refractivity contribution in [3.63, 3.8) is 0 Å². The van der Waals surface area contributed by atoms with Gasteiger partial charge in [0.05, 0.1) is 0 Å². The topological polar surface area (TPSA) is 31.8 Å². The largest absolute Gasteiger partial charge is 0.509 e. The quantitative estimate of drug-likeness (QED) is 0.117. The Balaban J connectivity index is 0.00000864. The van der Waals surface area contributed by atoms with E-state index in [1.165, 1.54) is 93.1 Å². The number of rotatable bonds is 7. The first kappa shape index (κ1) is 67.2. The van der Waals surface area contributed by atoms with E-state index >= 15 is 0 Å². The van der Waals surface area contributed by atoms with Gasteiger partial charge in [0.1, 0.15) is 13.9 Å². The number of pyridine rings is 1. The van der Waals surface area contributed by atoms with E-state index in [9.17, 15) is 0 Å². The Morgan fingerprint density at radius 2 is 0.811 bits per heavy atom. The monoisotopic (exact) mass is 1450 g/mol. The van der Waals surface area contributed by atoms with Crippen molar-refractivity contribution in [3.8, 4) is 44.9 Å². The van der Waals surface area contributed by atoms with Crippen LogP contribution in [0.5, 0.6) is 11.5 Å². The number of aromatic nitrogens is 1. The van der Waals surface area contributed by atoms with Crippen molar-refractivity contribution >= 4 is 68.8 Å². The molecule has 0 N–H and O–H groups in total. The zero-order valence-electron chi connectivity index (χ0n) is 60.0. The van der Waals surface area contributed by atoms with Crippen LogP contribution in [-0.4, -0.2) is 13.1 Å². The molecule has 1 spiro atoms. The predicted molar refractivity (Wildman–Crippen MR) is 403 cm³/mol. The average molecular weight is 1450 g/mol. The molecule has 4 heterocycles. The first-order valence-electron chi connectivity index (χ1n) is 33.9. The number of hydrogen-bond donors (Lipinski definition) is 0. The molecule has 0 aliphatic carbocycles. The number of ether oxygens (including phenoxy) is 1. The molecule has 1 aromatic heterocycles. The Hall–Kier alpha value is -7.76. The fraction of sp³-hybridized carbons (Fsp3) is 0.318. The molecule has 0 radical (unpaired) electrons. The molecule has 13 rings (SSSR count). The van der Waals surface area contributed by atoms with Crippen molar-refractivity contribution in [2.75, 3.05) is 14.7 Å². The van der Waals surface area contributed by atoms with Gasteiger partial charge in [-0.05, 0) is 157 Å². The van der Waals surface area contributed by atoms with Gasteiger partial charge < -0.3 is 19.4 Å². The van der Waals surface area contributed by atoms with Crippen LogP contribution in [0.2, 0.25) is 0 Å². The number of para-hydroxylation sites is 3. The molecule has 3 aliphatic rings. The normalized spacial score (nSPS) is 14.5. The molecule has 95 heavy (non-hydrogen) atoms.